The van der Waals surface area contributed by atoms with Crippen LogP contribution in [0.2, 0.25) is 5.28 Å². The van der Waals surface area contributed by atoms with E-state index >= 15 is 0 Å². The molecule has 2 heterocycles. The number of aryl methyl sites for hydroxylation is 1. The molecule has 4 nitrogen and oxygen atoms in total. The molecular weight excluding hydrogens is 188 g/mol. The van der Waals surface area contributed by atoms with Crippen LogP contribution in [0, 0.1) is 0 Å². The fourth-order valence-corrected chi connectivity index (χ4v) is 1.37. The summed E-state index contributed by atoms with van der Waals surface area (Å²) in [5.41, 5.74) is 1.60. The van der Waals surface area contributed by atoms with Crippen molar-refractivity contribution in [2.75, 3.05) is 0 Å². The number of hydrogen-bond acceptors (Lipinski definition) is 3. The van der Waals surface area contributed by atoms with Gasteiger partial charge in [0.15, 0.2) is 5.65 Å². The summed E-state index contributed by atoms with van der Waals surface area (Å²) in [7, 11) is 0. The summed E-state index contributed by atoms with van der Waals surface area (Å²) in [5.74, 6) is 0. The van der Waals surface area contributed by atoms with Crippen molar-refractivity contribution in [1.29, 1.82) is 0 Å². The third kappa shape index (κ3) is 1.49. The quantitative estimate of drug-likeness (QED) is 0.689. The van der Waals surface area contributed by atoms with Gasteiger partial charge in [-0.15, -0.1) is 0 Å². The van der Waals surface area contributed by atoms with Crippen molar-refractivity contribution in [2.45, 2.75) is 19.9 Å². The molecule has 2 rings (SSSR count). The van der Waals surface area contributed by atoms with Crippen molar-refractivity contribution in [3.63, 3.8) is 0 Å². The van der Waals surface area contributed by atoms with E-state index in [0.717, 1.165) is 24.1 Å². The van der Waals surface area contributed by atoms with Gasteiger partial charge in [0.05, 0.1) is 12.5 Å². The van der Waals surface area contributed by atoms with Gasteiger partial charge in [-0.05, 0) is 18.0 Å². The highest BCUT2D eigenvalue weighted by Gasteiger charge is 2.03. The van der Waals surface area contributed by atoms with Crippen molar-refractivity contribution in [1.82, 2.24) is 19.5 Å². The second kappa shape index (κ2) is 3.30. The Bertz CT molecular complexity index is 423. The largest absolute Gasteiger partial charge is 0.315 e. The van der Waals surface area contributed by atoms with Crippen LogP contribution in [0.15, 0.2) is 12.5 Å². The normalized spacial score (nSPS) is 10.9. The molecule has 0 aliphatic rings. The second-order valence-corrected chi connectivity index (χ2v) is 3.12. The number of fused-ring (bicyclic) bond motifs is 1. The Morgan fingerprint density at radius 3 is 3.08 bits per heavy atom. The molecule has 0 amide bonds. The van der Waals surface area contributed by atoms with Gasteiger partial charge in [0.1, 0.15) is 5.52 Å². The van der Waals surface area contributed by atoms with E-state index in [1.54, 1.807) is 12.5 Å². The topological polar surface area (TPSA) is 43.6 Å². The van der Waals surface area contributed by atoms with Gasteiger partial charge in [0.25, 0.3) is 0 Å². The highest BCUT2D eigenvalue weighted by atomic mass is 35.5. The van der Waals surface area contributed by atoms with Gasteiger partial charge in [-0.3, -0.25) is 0 Å². The lowest BCUT2D eigenvalue weighted by atomic mass is 10.5. The Balaban J connectivity index is 2.58. The monoisotopic (exact) mass is 196 g/mol. The van der Waals surface area contributed by atoms with Crippen LogP contribution in [-0.2, 0) is 6.54 Å². The first-order valence-electron chi connectivity index (χ1n) is 4.14. The van der Waals surface area contributed by atoms with Crippen LogP contribution >= 0.6 is 11.6 Å². The number of aromatic nitrogens is 4. The van der Waals surface area contributed by atoms with E-state index in [1.807, 2.05) is 4.57 Å². The van der Waals surface area contributed by atoms with Crippen molar-refractivity contribution in [3.8, 4) is 0 Å². The molecule has 0 atom stereocenters. The van der Waals surface area contributed by atoms with Crippen molar-refractivity contribution < 1.29 is 0 Å². The maximum Gasteiger partial charge on any atom is 0.224 e. The molecule has 0 aliphatic heterocycles. The fraction of sp³-hybridized carbons (Fsp3) is 0.375. The molecule has 0 N–H and O–H groups in total. The Hall–Kier alpha value is -1.16. The zero-order chi connectivity index (χ0) is 9.26. The van der Waals surface area contributed by atoms with E-state index in [4.69, 9.17) is 11.6 Å². The summed E-state index contributed by atoms with van der Waals surface area (Å²) in [6.07, 6.45) is 4.45. The first-order valence-corrected chi connectivity index (χ1v) is 4.52. The molecular formula is C8H9ClN4. The van der Waals surface area contributed by atoms with E-state index in [0.29, 0.717) is 0 Å². The van der Waals surface area contributed by atoms with Gasteiger partial charge in [-0.1, -0.05) is 6.92 Å². The average Bonchev–Trinajstić information content (AvgIpc) is 2.49. The van der Waals surface area contributed by atoms with Crippen LogP contribution in [-0.4, -0.2) is 19.5 Å². The molecule has 0 saturated heterocycles. The first-order chi connectivity index (χ1) is 6.31. The van der Waals surface area contributed by atoms with Gasteiger partial charge in [0.2, 0.25) is 5.28 Å². The average molecular weight is 197 g/mol. The number of imidazole rings is 1. The van der Waals surface area contributed by atoms with Gasteiger partial charge in [0, 0.05) is 6.54 Å². The van der Waals surface area contributed by atoms with Gasteiger partial charge in [-0.25, -0.2) is 9.97 Å². The van der Waals surface area contributed by atoms with Crippen LogP contribution in [0.4, 0.5) is 0 Å². The summed E-state index contributed by atoms with van der Waals surface area (Å²) in [5, 5.41) is 0.269. The number of halogens is 1. The molecule has 0 unspecified atom stereocenters. The number of nitrogens with zero attached hydrogens (tertiary/aromatic N) is 4. The van der Waals surface area contributed by atoms with E-state index in [1.165, 1.54) is 0 Å². The highest BCUT2D eigenvalue weighted by molar-refractivity contribution is 6.28. The van der Waals surface area contributed by atoms with Crippen molar-refractivity contribution >= 4 is 22.8 Å². The minimum Gasteiger partial charge on any atom is -0.315 e. The SMILES string of the molecule is CCCn1cnc2cnc(Cl)nc21. The standard InChI is InChI=1S/C8H9ClN4/c1-2-3-13-5-11-6-4-10-8(9)12-7(6)13/h4-5H,2-3H2,1H3. The molecule has 5 heteroatoms. The summed E-state index contributed by atoms with van der Waals surface area (Å²) in [6, 6.07) is 0. The molecule has 2 aromatic rings. The molecule has 0 aromatic carbocycles. The molecule has 0 saturated carbocycles. The Morgan fingerprint density at radius 1 is 1.46 bits per heavy atom. The van der Waals surface area contributed by atoms with Crippen LogP contribution < -0.4 is 0 Å². The van der Waals surface area contributed by atoms with Crippen LogP contribution in [0.25, 0.3) is 11.2 Å². The molecule has 0 radical (unpaired) electrons. The lowest BCUT2D eigenvalue weighted by Crippen LogP contribution is -1.96. The van der Waals surface area contributed by atoms with Crippen LogP contribution in [0.1, 0.15) is 13.3 Å². The van der Waals surface area contributed by atoms with Gasteiger partial charge < -0.3 is 4.57 Å². The smallest absolute Gasteiger partial charge is 0.224 e. The predicted molar refractivity (Wildman–Crippen MR) is 50.6 cm³/mol. The van der Waals surface area contributed by atoms with E-state index in [-0.39, 0.29) is 5.28 Å². The van der Waals surface area contributed by atoms with E-state index in [9.17, 15) is 0 Å². The molecule has 0 bridgehead atoms. The first kappa shape index (κ1) is 8.44. The van der Waals surface area contributed by atoms with Crippen molar-refractivity contribution in [3.05, 3.63) is 17.8 Å². The minimum atomic E-state index is 0.269. The lowest BCUT2D eigenvalue weighted by molar-refractivity contribution is 0.691. The Morgan fingerprint density at radius 2 is 2.31 bits per heavy atom. The fourth-order valence-electron chi connectivity index (χ4n) is 1.24. The molecule has 68 valence electrons. The maximum atomic E-state index is 5.68. The highest BCUT2D eigenvalue weighted by Crippen LogP contribution is 2.11. The zero-order valence-corrected chi connectivity index (χ0v) is 7.99. The number of hydrogen-bond donors (Lipinski definition) is 0. The maximum absolute atomic E-state index is 5.68. The summed E-state index contributed by atoms with van der Waals surface area (Å²) >= 11 is 5.68. The molecule has 2 aromatic heterocycles. The zero-order valence-electron chi connectivity index (χ0n) is 7.24. The van der Waals surface area contributed by atoms with Crippen LogP contribution in [0.5, 0.6) is 0 Å². The molecule has 0 fully saturated rings. The second-order valence-electron chi connectivity index (χ2n) is 2.79. The third-order valence-electron chi connectivity index (χ3n) is 1.79. The molecule has 0 aliphatic carbocycles. The third-order valence-corrected chi connectivity index (χ3v) is 1.98. The van der Waals surface area contributed by atoms with Crippen LogP contribution in [0.3, 0.4) is 0 Å². The Kier molecular flexibility index (Phi) is 2.14. The Labute approximate surface area is 80.6 Å². The molecule has 0 spiro atoms. The predicted octanol–water partition coefficient (Wildman–Crippen LogP) is 1.89. The molecule has 13 heavy (non-hydrogen) atoms. The van der Waals surface area contributed by atoms with E-state index in [2.05, 4.69) is 21.9 Å². The van der Waals surface area contributed by atoms with Gasteiger partial charge >= 0.3 is 0 Å². The minimum absolute atomic E-state index is 0.269. The van der Waals surface area contributed by atoms with Crippen molar-refractivity contribution in [2.24, 2.45) is 0 Å². The lowest BCUT2D eigenvalue weighted by Gasteiger charge is -1.98. The van der Waals surface area contributed by atoms with Gasteiger partial charge in [-0.2, -0.15) is 4.98 Å². The van der Waals surface area contributed by atoms with E-state index < -0.39 is 0 Å². The number of rotatable bonds is 2. The summed E-state index contributed by atoms with van der Waals surface area (Å²) in [4.78, 5) is 12.1. The summed E-state index contributed by atoms with van der Waals surface area (Å²) in [6.45, 7) is 3.01. The summed E-state index contributed by atoms with van der Waals surface area (Å²) < 4.78 is 1.98.